The van der Waals surface area contributed by atoms with Gasteiger partial charge in [-0.3, -0.25) is 14.5 Å². The van der Waals surface area contributed by atoms with E-state index in [0.29, 0.717) is 12.8 Å². The smallest absolute Gasteiger partial charge is 0.325 e. The summed E-state index contributed by atoms with van der Waals surface area (Å²) in [5.74, 6) is -0.913. The van der Waals surface area contributed by atoms with E-state index in [9.17, 15) is 19.6 Å². The zero-order valence-corrected chi connectivity index (χ0v) is 13.9. The van der Waals surface area contributed by atoms with E-state index in [1.54, 1.807) is 6.92 Å². The number of amides is 4. The van der Waals surface area contributed by atoms with E-state index in [0.717, 1.165) is 24.2 Å². The number of nitrogens with one attached hydrogen (secondary N) is 2. The van der Waals surface area contributed by atoms with Crippen LogP contribution in [0.1, 0.15) is 52.9 Å². The number of carbonyl (C=O) groups is 3. The molecule has 1 unspecified atom stereocenters. The Morgan fingerprint density at radius 3 is 2.52 bits per heavy atom. The number of hydrogen-bond acceptors (Lipinski definition) is 4. The third-order valence-corrected chi connectivity index (χ3v) is 5.04. The van der Waals surface area contributed by atoms with Gasteiger partial charge >= 0.3 is 6.03 Å². The summed E-state index contributed by atoms with van der Waals surface area (Å²) in [7, 11) is 0. The van der Waals surface area contributed by atoms with Crippen LogP contribution in [0.5, 0.6) is 0 Å². The van der Waals surface area contributed by atoms with Gasteiger partial charge in [0.25, 0.3) is 5.91 Å². The Morgan fingerprint density at radius 1 is 1.39 bits per heavy atom. The van der Waals surface area contributed by atoms with Crippen LogP contribution in [0.25, 0.3) is 0 Å². The van der Waals surface area contributed by atoms with Crippen molar-refractivity contribution in [2.75, 3.05) is 6.54 Å². The van der Waals surface area contributed by atoms with Crippen molar-refractivity contribution in [2.45, 2.75) is 64.0 Å². The minimum atomic E-state index is -1.03. The normalized spacial score (nSPS) is 22.7. The molecule has 0 aromatic heterocycles. The van der Waals surface area contributed by atoms with Crippen LogP contribution in [-0.2, 0) is 9.59 Å². The minimum Gasteiger partial charge on any atom is -0.336 e. The fourth-order valence-electron chi connectivity index (χ4n) is 3.09. The second-order valence-electron chi connectivity index (χ2n) is 6.98. The van der Waals surface area contributed by atoms with Gasteiger partial charge in [0.05, 0.1) is 6.07 Å². The average molecular weight is 320 g/mol. The Balaban J connectivity index is 2.05. The molecule has 4 amide bonds. The van der Waals surface area contributed by atoms with Gasteiger partial charge in [0, 0.05) is 0 Å². The van der Waals surface area contributed by atoms with Gasteiger partial charge in [-0.05, 0) is 25.7 Å². The summed E-state index contributed by atoms with van der Waals surface area (Å²) in [4.78, 5) is 37.9. The van der Waals surface area contributed by atoms with E-state index >= 15 is 0 Å². The number of carbonyl (C=O) groups excluding carboxylic acids is 3. The first kappa shape index (κ1) is 17.3. The Bertz CT molecular complexity index is 560. The van der Waals surface area contributed by atoms with Crippen LogP contribution < -0.4 is 10.6 Å². The summed E-state index contributed by atoms with van der Waals surface area (Å²) >= 11 is 0. The number of imide groups is 1. The molecule has 2 aliphatic rings. The summed E-state index contributed by atoms with van der Waals surface area (Å²) in [6, 6.07) is 1.56. The quantitative estimate of drug-likeness (QED) is 0.762. The van der Waals surface area contributed by atoms with Crippen molar-refractivity contribution in [3.63, 3.8) is 0 Å². The maximum atomic E-state index is 12.6. The number of nitriles is 1. The highest BCUT2D eigenvalue weighted by molar-refractivity contribution is 6.09. The van der Waals surface area contributed by atoms with Gasteiger partial charge in [0.15, 0.2) is 0 Å². The van der Waals surface area contributed by atoms with Gasteiger partial charge < -0.3 is 10.6 Å². The van der Waals surface area contributed by atoms with Crippen LogP contribution in [0, 0.1) is 17.2 Å². The molecule has 1 heterocycles. The lowest BCUT2D eigenvalue weighted by Gasteiger charge is -2.30. The second-order valence-corrected chi connectivity index (χ2v) is 6.98. The van der Waals surface area contributed by atoms with Crippen LogP contribution in [0.3, 0.4) is 0 Å². The molecule has 2 rings (SSSR count). The fraction of sp³-hybridized carbons (Fsp3) is 0.750. The molecule has 0 aromatic rings. The van der Waals surface area contributed by atoms with Crippen LogP contribution >= 0.6 is 0 Å². The van der Waals surface area contributed by atoms with Crippen molar-refractivity contribution in [1.29, 1.82) is 5.26 Å². The van der Waals surface area contributed by atoms with Gasteiger partial charge in [-0.25, -0.2) is 4.79 Å². The lowest BCUT2D eigenvalue weighted by molar-refractivity contribution is -0.136. The second kappa shape index (κ2) is 6.19. The standard InChI is InChI=1S/C16H24N4O3/c1-11(2)15(3,10-17)18-12(21)9-20-13(22)16(19-14(20)23)7-5-4-6-8-16/h11H,4-9H2,1-3H3,(H,18,21)(H,19,23). The summed E-state index contributed by atoms with van der Waals surface area (Å²) < 4.78 is 0. The average Bonchev–Trinajstić information content (AvgIpc) is 2.72. The van der Waals surface area contributed by atoms with Gasteiger partial charge in [-0.15, -0.1) is 0 Å². The highest BCUT2D eigenvalue weighted by atomic mass is 16.2. The predicted octanol–water partition coefficient (Wildman–Crippen LogP) is 1.30. The summed E-state index contributed by atoms with van der Waals surface area (Å²) in [5.41, 5.74) is -1.86. The van der Waals surface area contributed by atoms with E-state index < -0.39 is 23.0 Å². The van der Waals surface area contributed by atoms with Crippen LogP contribution in [0.4, 0.5) is 4.79 Å². The first-order chi connectivity index (χ1) is 10.7. The zero-order valence-electron chi connectivity index (χ0n) is 13.9. The van der Waals surface area contributed by atoms with Crippen molar-refractivity contribution in [3.8, 4) is 6.07 Å². The van der Waals surface area contributed by atoms with Crippen LogP contribution in [0.2, 0.25) is 0 Å². The molecule has 1 saturated heterocycles. The van der Waals surface area contributed by atoms with Crippen molar-refractivity contribution in [3.05, 3.63) is 0 Å². The molecule has 0 bridgehead atoms. The molecule has 1 aliphatic carbocycles. The highest BCUT2D eigenvalue weighted by Gasteiger charge is 2.51. The SMILES string of the molecule is CC(C)C(C)(C#N)NC(=O)CN1C(=O)NC2(CCCCC2)C1=O. The summed E-state index contributed by atoms with van der Waals surface area (Å²) in [6.45, 7) is 4.93. The van der Waals surface area contributed by atoms with Gasteiger partial charge in [0.2, 0.25) is 5.91 Å². The number of rotatable bonds is 4. The molecular formula is C16H24N4O3. The van der Waals surface area contributed by atoms with Gasteiger partial charge in [-0.2, -0.15) is 5.26 Å². The van der Waals surface area contributed by atoms with Gasteiger partial charge in [0.1, 0.15) is 17.6 Å². The lowest BCUT2D eigenvalue weighted by atomic mass is 9.82. The van der Waals surface area contributed by atoms with E-state index in [2.05, 4.69) is 16.7 Å². The minimum absolute atomic E-state index is 0.0933. The molecule has 126 valence electrons. The third kappa shape index (κ3) is 3.16. The van der Waals surface area contributed by atoms with Crippen LogP contribution in [0.15, 0.2) is 0 Å². The van der Waals surface area contributed by atoms with E-state index in [4.69, 9.17) is 0 Å². The predicted molar refractivity (Wildman–Crippen MR) is 83.1 cm³/mol. The summed E-state index contributed by atoms with van der Waals surface area (Å²) in [6.07, 6.45) is 4.09. The number of nitrogens with zero attached hydrogens (tertiary/aromatic N) is 2. The third-order valence-electron chi connectivity index (χ3n) is 5.04. The molecule has 1 atom stereocenters. The molecule has 7 heteroatoms. The summed E-state index contributed by atoms with van der Waals surface area (Å²) in [5, 5.41) is 14.6. The van der Waals surface area contributed by atoms with Crippen LogP contribution in [-0.4, -0.2) is 40.4 Å². The molecular weight excluding hydrogens is 296 g/mol. The molecule has 23 heavy (non-hydrogen) atoms. The molecule has 1 saturated carbocycles. The largest absolute Gasteiger partial charge is 0.336 e. The molecule has 7 nitrogen and oxygen atoms in total. The molecule has 1 aliphatic heterocycles. The maximum absolute atomic E-state index is 12.6. The van der Waals surface area contributed by atoms with E-state index in [1.165, 1.54) is 0 Å². The highest BCUT2D eigenvalue weighted by Crippen LogP contribution is 2.33. The fourth-order valence-corrected chi connectivity index (χ4v) is 3.09. The van der Waals surface area contributed by atoms with Gasteiger partial charge in [-0.1, -0.05) is 33.1 Å². The van der Waals surface area contributed by atoms with E-state index in [-0.39, 0.29) is 18.4 Å². The first-order valence-electron chi connectivity index (χ1n) is 8.10. The monoisotopic (exact) mass is 320 g/mol. The molecule has 2 N–H and O–H groups in total. The number of urea groups is 1. The Morgan fingerprint density at radius 2 is 2.00 bits per heavy atom. The maximum Gasteiger partial charge on any atom is 0.325 e. The zero-order chi connectivity index (χ0) is 17.3. The van der Waals surface area contributed by atoms with Crippen molar-refractivity contribution < 1.29 is 14.4 Å². The Hall–Kier alpha value is -2.10. The van der Waals surface area contributed by atoms with Crippen molar-refractivity contribution >= 4 is 17.8 Å². The van der Waals surface area contributed by atoms with Crippen molar-refractivity contribution in [2.24, 2.45) is 5.92 Å². The van der Waals surface area contributed by atoms with E-state index in [1.807, 2.05) is 13.8 Å². The Kier molecular flexibility index (Phi) is 4.64. The molecule has 0 radical (unpaired) electrons. The Labute approximate surface area is 136 Å². The van der Waals surface area contributed by atoms with Crippen molar-refractivity contribution in [1.82, 2.24) is 15.5 Å². The number of hydrogen-bond donors (Lipinski definition) is 2. The molecule has 0 aromatic carbocycles. The first-order valence-corrected chi connectivity index (χ1v) is 8.10. The lowest BCUT2D eigenvalue weighted by Crippen LogP contribution is -2.53. The topological polar surface area (TPSA) is 102 Å². The molecule has 2 fully saturated rings. The molecule has 1 spiro atoms.